The van der Waals surface area contributed by atoms with E-state index < -0.39 is 0 Å². The predicted molar refractivity (Wildman–Crippen MR) is 78.2 cm³/mol. The van der Waals surface area contributed by atoms with Gasteiger partial charge in [0.1, 0.15) is 5.84 Å². The topological polar surface area (TPSA) is 42.9 Å². The van der Waals surface area contributed by atoms with E-state index in [1.54, 1.807) is 0 Å². The molecule has 0 spiro atoms. The molecule has 3 aliphatic rings. The van der Waals surface area contributed by atoms with Gasteiger partial charge in [0.05, 0.1) is 6.54 Å². The average Bonchev–Trinajstić information content (AvgIpc) is 2.84. The van der Waals surface area contributed by atoms with Crippen LogP contribution >= 0.6 is 0 Å². The Morgan fingerprint density at radius 1 is 1.26 bits per heavy atom. The smallest absolute Gasteiger partial charge is 0.106 e. The Balaban J connectivity index is 1.50. The van der Waals surface area contributed by atoms with Gasteiger partial charge in [0.25, 0.3) is 0 Å². The van der Waals surface area contributed by atoms with Gasteiger partial charge in [-0.2, -0.15) is 0 Å². The van der Waals surface area contributed by atoms with Gasteiger partial charge in [0.2, 0.25) is 0 Å². The first-order valence-corrected chi connectivity index (χ1v) is 7.48. The molecule has 0 aromatic carbocycles. The molecule has 5 nitrogen and oxygen atoms in total. The van der Waals surface area contributed by atoms with Crippen molar-refractivity contribution >= 4 is 5.84 Å². The number of amidine groups is 1. The normalized spacial score (nSPS) is 32.5. The van der Waals surface area contributed by atoms with E-state index in [4.69, 9.17) is 4.99 Å². The van der Waals surface area contributed by atoms with E-state index >= 15 is 0 Å². The van der Waals surface area contributed by atoms with Crippen LogP contribution in [0.2, 0.25) is 0 Å². The van der Waals surface area contributed by atoms with E-state index in [1.165, 1.54) is 31.8 Å². The van der Waals surface area contributed by atoms with Gasteiger partial charge in [0, 0.05) is 64.1 Å². The standard InChI is InChI=1S/C14H25N5/c1-15-2-6-19-9-5-17-14(19)12-10-13(11-12)18-7-3-16-4-8-18/h2,6,12-13,15-16H,3-5,7-11H2,1H3/b6-2-. The Morgan fingerprint density at radius 2 is 2.05 bits per heavy atom. The lowest BCUT2D eigenvalue weighted by Crippen LogP contribution is -2.54. The lowest BCUT2D eigenvalue weighted by molar-refractivity contribution is 0.0891. The van der Waals surface area contributed by atoms with E-state index in [-0.39, 0.29) is 0 Å². The fraction of sp³-hybridized carbons (Fsp3) is 0.786. The SMILES string of the molecule is CN/C=C\N1CCN=C1C1CC(N2CCNCC2)C1. The zero-order valence-electron chi connectivity index (χ0n) is 11.8. The van der Waals surface area contributed by atoms with Crippen molar-refractivity contribution in [1.29, 1.82) is 0 Å². The second-order valence-corrected chi connectivity index (χ2v) is 5.65. The van der Waals surface area contributed by atoms with E-state index in [9.17, 15) is 0 Å². The van der Waals surface area contributed by atoms with Crippen LogP contribution in [-0.2, 0) is 0 Å². The van der Waals surface area contributed by atoms with Crippen LogP contribution in [-0.4, -0.2) is 68.0 Å². The van der Waals surface area contributed by atoms with E-state index in [0.29, 0.717) is 5.92 Å². The van der Waals surface area contributed by atoms with Crippen LogP contribution in [0.5, 0.6) is 0 Å². The third-order valence-corrected chi connectivity index (χ3v) is 4.48. The summed E-state index contributed by atoms with van der Waals surface area (Å²) < 4.78 is 0. The van der Waals surface area contributed by atoms with Crippen molar-refractivity contribution in [2.75, 3.05) is 46.3 Å². The van der Waals surface area contributed by atoms with Gasteiger partial charge in [-0.25, -0.2) is 0 Å². The maximum atomic E-state index is 4.70. The summed E-state index contributed by atoms with van der Waals surface area (Å²) >= 11 is 0. The number of nitrogens with zero attached hydrogens (tertiary/aromatic N) is 3. The Hall–Kier alpha value is -1.07. The molecule has 2 fully saturated rings. The quantitative estimate of drug-likeness (QED) is 0.753. The Kier molecular flexibility index (Phi) is 4.03. The van der Waals surface area contributed by atoms with E-state index in [1.807, 2.05) is 13.2 Å². The lowest BCUT2D eigenvalue weighted by Gasteiger charge is -2.45. The molecule has 2 heterocycles. The van der Waals surface area contributed by atoms with Crippen molar-refractivity contribution in [2.24, 2.45) is 10.9 Å². The van der Waals surface area contributed by atoms with Crippen LogP contribution in [0.15, 0.2) is 17.4 Å². The van der Waals surface area contributed by atoms with Gasteiger partial charge in [0.15, 0.2) is 0 Å². The largest absolute Gasteiger partial charge is 0.393 e. The predicted octanol–water partition coefficient (Wildman–Crippen LogP) is 0.0749. The third-order valence-electron chi connectivity index (χ3n) is 4.48. The zero-order valence-corrected chi connectivity index (χ0v) is 11.8. The molecule has 0 amide bonds. The van der Waals surface area contributed by atoms with E-state index in [0.717, 1.165) is 32.2 Å². The van der Waals surface area contributed by atoms with Crippen LogP contribution in [0.1, 0.15) is 12.8 Å². The molecule has 1 saturated carbocycles. The summed E-state index contributed by atoms with van der Waals surface area (Å²) in [5.74, 6) is 2.00. The number of piperazine rings is 1. The van der Waals surface area contributed by atoms with Crippen molar-refractivity contribution in [2.45, 2.75) is 18.9 Å². The molecule has 5 heteroatoms. The second-order valence-electron chi connectivity index (χ2n) is 5.65. The second kappa shape index (κ2) is 5.92. The van der Waals surface area contributed by atoms with Crippen LogP contribution < -0.4 is 10.6 Å². The molecule has 0 atom stereocenters. The van der Waals surface area contributed by atoms with Gasteiger partial charge < -0.3 is 15.5 Å². The molecule has 106 valence electrons. The third kappa shape index (κ3) is 2.77. The zero-order chi connectivity index (χ0) is 13.1. The minimum absolute atomic E-state index is 0.684. The van der Waals surface area contributed by atoms with Crippen molar-refractivity contribution < 1.29 is 0 Å². The van der Waals surface area contributed by atoms with Crippen LogP contribution in [0.3, 0.4) is 0 Å². The maximum absolute atomic E-state index is 4.70. The van der Waals surface area contributed by atoms with Crippen molar-refractivity contribution in [3.05, 3.63) is 12.4 Å². The highest BCUT2D eigenvalue weighted by Crippen LogP contribution is 2.35. The number of nitrogens with one attached hydrogen (secondary N) is 2. The first kappa shape index (κ1) is 12.9. The maximum Gasteiger partial charge on any atom is 0.106 e. The number of aliphatic imine (C=N–C) groups is 1. The molecule has 0 aromatic rings. The molecule has 2 aliphatic heterocycles. The minimum atomic E-state index is 0.684. The molecule has 1 aliphatic carbocycles. The molecular formula is C14H25N5. The van der Waals surface area contributed by atoms with Gasteiger partial charge in [-0.15, -0.1) is 0 Å². The van der Waals surface area contributed by atoms with Crippen LogP contribution in [0.4, 0.5) is 0 Å². The molecular weight excluding hydrogens is 238 g/mol. The summed E-state index contributed by atoms with van der Waals surface area (Å²) in [4.78, 5) is 9.67. The summed E-state index contributed by atoms with van der Waals surface area (Å²) in [6.07, 6.45) is 6.71. The molecule has 2 N–H and O–H groups in total. The summed E-state index contributed by atoms with van der Waals surface area (Å²) in [5, 5.41) is 6.48. The lowest BCUT2D eigenvalue weighted by atomic mass is 9.78. The summed E-state index contributed by atoms with van der Waals surface area (Å²) in [7, 11) is 1.94. The monoisotopic (exact) mass is 263 g/mol. The molecule has 0 unspecified atom stereocenters. The number of hydrogen-bond donors (Lipinski definition) is 2. The van der Waals surface area contributed by atoms with Gasteiger partial charge in [-0.05, 0) is 12.8 Å². The van der Waals surface area contributed by atoms with Gasteiger partial charge in [-0.1, -0.05) is 0 Å². The summed E-state index contributed by atoms with van der Waals surface area (Å²) in [6, 6.07) is 0.797. The summed E-state index contributed by atoms with van der Waals surface area (Å²) in [5.41, 5.74) is 0. The van der Waals surface area contributed by atoms with Crippen LogP contribution in [0, 0.1) is 5.92 Å². The van der Waals surface area contributed by atoms with Crippen molar-refractivity contribution in [1.82, 2.24) is 20.4 Å². The number of rotatable bonds is 4. The highest BCUT2D eigenvalue weighted by molar-refractivity contribution is 5.87. The van der Waals surface area contributed by atoms with Crippen molar-refractivity contribution in [3.8, 4) is 0 Å². The first-order valence-electron chi connectivity index (χ1n) is 7.48. The van der Waals surface area contributed by atoms with Gasteiger partial charge in [-0.3, -0.25) is 9.89 Å². The molecule has 0 aromatic heterocycles. The highest BCUT2D eigenvalue weighted by atomic mass is 15.3. The molecule has 19 heavy (non-hydrogen) atoms. The fourth-order valence-electron chi connectivity index (χ4n) is 3.30. The Morgan fingerprint density at radius 3 is 2.79 bits per heavy atom. The summed E-state index contributed by atoms with van der Waals surface area (Å²) in [6.45, 7) is 6.74. The fourth-order valence-corrected chi connectivity index (χ4v) is 3.30. The highest BCUT2D eigenvalue weighted by Gasteiger charge is 2.39. The van der Waals surface area contributed by atoms with E-state index in [2.05, 4.69) is 26.6 Å². The Bertz CT molecular complexity index is 353. The van der Waals surface area contributed by atoms with Crippen LogP contribution in [0.25, 0.3) is 0 Å². The molecule has 0 bridgehead atoms. The average molecular weight is 263 g/mol. The van der Waals surface area contributed by atoms with Gasteiger partial charge >= 0.3 is 0 Å². The molecule has 1 saturated heterocycles. The van der Waals surface area contributed by atoms with Crippen molar-refractivity contribution in [3.63, 3.8) is 0 Å². The molecule has 3 rings (SSSR count). The first-order chi connectivity index (χ1) is 9.38. The minimum Gasteiger partial charge on any atom is -0.393 e. The Labute approximate surface area is 115 Å². The molecule has 0 radical (unpaired) electrons. The number of hydrogen-bond acceptors (Lipinski definition) is 5.